The van der Waals surface area contributed by atoms with Crippen LogP contribution in [0.3, 0.4) is 0 Å². The summed E-state index contributed by atoms with van der Waals surface area (Å²) in [4.78, 5) is 6.24. The molecule has 0 bridgehead atoms. The van der Waals surface area contributed by atoms with E-state index in [4.69, 9.17) is 16.6 Å². The van der Waals surface area contributed by atoms with Gasteiger partial charge in [-0.25, -0.2) is 0 Å². The molecule has 0 N–H and O–H groups in total. The predicted molar refractivity (Wildman–Crippen MR) is 109 cm³/mol. The van der Waals surface area contributed by atoms with E-state index in [9.17, 15) is 0 Å². The van der Waals surface area contributed by atoms with E-state index in [-0.39, 0.29) is 6.04 Å². The van der Waals surface area contributed by atoms with E-state index in [1.54, 1.807) is 11.8 Å². The molecule has 25 heavy (non-hydrogen) atoms. The third kappa shape index (κ3) is 3.71. The van der Waals surface area contributed by atoms with Gasteiger partial charge in [0.25, 0.3) is 0 Å². The Labute approximate surface area is 157 Å². The van der Waals surface area contributed by atoms with Crippen LogP contribution >= 0.6 is 23.4 Å². The minimum Gasteiger partial charge on any atom is -0.264 e. The molecule has 0 aliphatic carbocycles. The molecule has 0 radical (unpaired) electrons. The fourth-order valence-electron chi connectivity index (χ4n) is 2.80. The number of rotatable bonds is 3. The second kappa shape index (κ2) is 7.30. The largest absolute Gasteiger partial charge is 0.264 e. The third-order valence-corrected chi connectivity index (χ3v) is 5.41. The molecular formula is C22H16ClNS. The van der Waals surface area contributed by atoms with Crippen molar-refractivity contribution in [2.45, 2.75) is 6.04 Å². The van der Waals surface area contributed by atoms with Gasteiger partial charge in [0.1, 0.15) is 11.1 Å². The molecule has 0 aromatic heterocycles. The molecule has 0 saturated carbocycles. The summed E-state index contributed by atoms with van der Waals surface area (Å²) in [5.41, 5.74) is 3.51. The van der Waals surface area contributed by atoms with Gasteiger partial charge in [-0.2, -0.15) is 0 Å². The highest BCUT2D eigenvalue weighted by Gasteiger charge is 2.26. The molecule has 3 aromatic rings. The standard InChI is InChI=1S/C22H16ClNS/c23-19-13-11-18(12-14-19)22-24-21(17-9-5-2-6-10-17)20(25-22)15-16-7-3-1-4-8-16/h1-15,21H/b20-15+/t21-/m0/s1. The summed E-state index contributed by atoms with van der Waals surface area (Å²) in [7, 11) is 0. The van der Waals surface area contributed by atoms with Crippen molar-refractivity contribution in [3.8, 4) is 0 Å². The van der Waals surface area contributed by atoms with Gasteiger partial charge >= 0.3 is 0 Å². The maximum atomic E-state index is 6.02. The quantitative estimate of drug-likeness (QED) is 0.510. The number of nitrogens with zero attached hydrogens (tertiary/aromatic N) is 1. The zero-order chi connectivity index (χ0) is 17.1. The second-order valence-corrected chi connectivity index (χ2v) is 7.31. The molecule has 3 heteroatoms. The molecule has 1 heterocycles. The van der Waals surface area contributed by atoms with Crippen LogP contribution in [0.2, 0.25) is 5.02 Å². The Morgan fingerprint density at radius 3 is 2.12 bits per heavy atom. The van der Waals surface area contributed by atoms with Crippen molar-refractivity contribution >= 4 is 34.5 Å². The van der Waals surface area contributed by atoms with Crippen molar-refractivity contribution in [2.24, 2.45) is 4.99 Å². The normalized spacial score (nSPS) is 18.4. The van der Waals surface area contributed by atoms with Crippen molar-refractivity contribution in [2.75, 3.05) is 0 Å². The highest BCUT2D eigenvalue weighted by Crippen LogP contribution is 2.44. The summed E-state index contributed by atoms with van der Waals surface area (Å²) >= 11 is 7.76. The first-order valence-electron chi connectivity index (χ1n) is 8.13. The highest BCUT2D eigenvalue weighted by atomic mass is 35.5. The summed E-state index contributed by atoms with van der Waals surface area (Å²) in [5, 5.41) is 1.78. The number of benzene rings is 3. The molecule has 0 spiro atoms. The van der Waals surface area contributed by atoms with Crippen LogP contribution in [0.1, 0.15) is 22.7 Å². The number of halogens is 1. The van der Waals surface area contributed by atoms with Crippen LogP contribution in [0.5, 0.6) is 0 Å². The van der Waals surface area contributed by atoms with E-state index in [0.29, 0.717) is 0 Å². The summed E-state index contributed by atoms with van der Waals surface area (Å²) in [5.74, 6) is 0. The monoisotopic (exact) mass is 361 g/mol. The average molecular weight is 362 g/mol. The van der Waals surface area contributed by atoms with Crippen molar-refractivity contribution in [3.63, 3.8) is 0 Å². The molecule has 0 amide bonds. The zero-order valence-electron chi connectivity index (χ0n) is 13.5. The van der Waals surface area contributed by atoms with E-state index in [0.717, 1.165) is 15.6 Å². The Bertz CT molecular complexity index is 915. The first-order valence-corrected chi connectivity index (χ1v) is 9.32. The number of hydrogen-bond acceptors (Lipinski definition) is 2. The summed E-state index contributed by atoms with van der Waals surface area (Å²) in [6.45, 7) is 0. The first kappa shape index (κ1) is 16.2. The third-order valence-electron chi connectivity index (χ3n) is 4.05. The lowest BCUT2D eigenvalue weighted by Crippen LogP contribution is -1.93. The molecule has 1 atom stereocenters. The molecule has 1 nitrogen and oxygen atoms in total. The van der Waals surface area contributed by atoms with Crippen molar-refractivity contribution in [1.82, 2.24) is 0 Å². The van der Waals surface area contributed by atoms with Crippen LogP contribution in [-0.2, 0) is 0 Å². The lowest BCUT2D eigenvalue weighted by Gasteiger charge is -2.09. The molecule has 4 rings (SSSR count). The van der Waals surface area contributed by atoms with Gasteiger partial charge in [0.05, 0.1) is 0 Å². The van der Waals surface area contributed by atoms with Crippen LogP contribution in [0.4, 0.5) is 0 Å². The predicted octanol–water partition coefficient (Wildman–Crippen LogP) is 6.62. The minimum atomic E-state index is 0.0390. The SMILES string of the molecule is Clc1ccc(C2=N[C@@H](c3ccccc3)/C(=C\c3ccccc3)S2)cc1. The van der Waals surface area contributed by atoms with Gasteiger partial charge in [0.2, 0.25) is 0 Å². The van der Waals surface area contributed by atoms with Crippen LogP contribution < -0.4 is 0 Å². The van der Waals surface area contributed by atoms with Gasteiger partial charge in [-0.05, 0) is 29.3 Å². The molecular weight excluding hydrogens is 346 g/mol. The van der Waals surface area contributed by atoms with E-state index >= 15 is 0 Å². The first-order chi connectivity index (χ1) is 12.3. The highest BCUT2D eigenvalue weighted by molar-refractivity contribution is 8.18. The van der Waals surface area contributed by atoms with Crippen molar-refractivity contribution in [1.29, 1.82) is 0 Å². The maximum absolute atomic E-state index is 6.02. The van der Waals surface area contributed by atoms with Gasteiger partial charge in [0, 0.05) is 15.5 Å². The smallest absolute Gasteiger partial charge is 0.108 e. The Morgan fingerprint density at radius 2 is 1.44 bits per heavy atom. The van der Waals surface area contributed by atoms with Crippen molar-refractivity contribution in [3.05, 3.63) is 112 Å². The molecule has 0 unspecified atom stereocenters. The van der Waals surface area contributed by atoms with Crippen LogP contribution in [-0.4, -0.2) is 5.04 Å². The molecule has 0 saturated heterocycles. The Morgan fingerprint density at radius 1 is 0.800 bits per heavy atom. The topological polar surface area (TPSA) is 12.4 Å². The summed E-state index contributed by atoms with van der Waals surface area (Å²) in [6, 6.07) is 28.8. The fraction of sp³-hybridized carbons (Fsp3) is 0.0455. The van der Waals surface area contributed by atoms with E-state index < -0.39 is 0 Å². The molecule has 1 aliphatic rings. The minimum absolute atomic E-state index is 0.0390. The van der Waals surface area contributed by atoms with Crippen LogP contribution in [0, 0.1) is 0 Å². The van der Waals surface area contributed by atoms with Crippen LogP contribution in [0.15, 0.2) is 94.8 Å². The summed E-state index contributed by atoms with van der Waals surface area (Å²) in [6.07, 6.45) is 2.23. The van der Waals surface area contributed by atoms with Gasteiger partial charge < -0.3 is 0 Å². The summed E-state index contributed by atoms with van der Waals surface area (Å²) < 4.78 is 0. The lowest BCUT2D eigenvalue weighted by atomic mass is 10.1. The van der Waals surface area contributed by atoms with Gasteiger partial charge in [-0.1, -0.05) is 96.2 Å². The number of aliphatic imine (C=N–C) groups is 1. The second-order valence-electron chi connectivity index (χ2n) is 5.81. The molecule has 122 valence electrons. The van der Waals surface area contributed by atoms with Gasteiger partial charge in [0.15, 0.2) is 0 Å². The van der Waals surface area contributed by atoms with Crippen LogP contribution in [0.25, 0.3) is 6.08 Å². The number of thioether (sulfide) groups is 1. The van der Waals surface area contributed by atoms with Gasteiger partial charge in [-0.15, -0.1) is 0 Å². The Balaban J connectivity index is 1.74. The fourth-order valence-corrected chi connectivity index (χ4v) is 4.05. The molecule has 1 aliphatic heterocycles. The van der Waals surface area contributed by atoms with E-state index in [2.05, 4.69) is 54.6 Å². The maximum Gasteiger partial charge on any atom is 0.108 e. The van der Waals surface area contributed by atoms with Crippen molar-refractivity contribution < 1.29 is 0 Å². The van der Waals surface area contributed by atoms with Gasteiger partial charge in [-0.3, -0.25) is 4.99 Å². The number of hydrogen-bond donors (Lipinski definition) is 0. The molecule has 0 fully saturated rings. The Kier molecular flexibility index (Phi) is 4.73. The average Bonchev–Trinajstić information content (AvgIpc) is 3.08. The van der Waals surface area contributed by atoms with E-state index in [1.807, 2.05) is 36.4 Å². The zero-order valence-corrected chi connectivity index (χ0v) is 15.0. The molecule has 3 aromatic carbocycles. The Hall–Kier alpha value is -2.29. The van der Waals surface area contributed by atoms with E-state index in [1.165, 1.54) is 16.0 Å². The lowest BCUT2D eigenvalue weighted by molar-refractivity contribution is 0.917.